The highest BCUT2D eigenvalue weighted by molar-refractivity contribution is 7.21. The van der Waals surface area contributed by atoms with Crippen LogP contribution in [0.2, 0.25) is 0 Å². The fraction of sp³-hybridized carbons (Fsp3) is 0.0476. The van der Waals surface area contributed by atoms with Crippen molar-refractivity contribution in [1.82, 2.24) is 4.98 Å². The molecule has 2 N–H and O–H groups in total. The number of rotatable bonds is 5. The first-order valence-corrected chi connectivity index (χ1v) is 9.14. The zero-order valence-corrected chi connectivity index (χ0v) is 14.8. The third-order valence-electron chi connectivity index (χ3n) is 3.94. The summed E-state index contributed by atoms with van der Waals surface area (Å²) in [7, 11) is 0. The van der Waals surface area contributed by atoms with E-state index in [1.54, 1.807) is 11.3 Å². The third-order valence-corrected chi connectivity index (χ3v) is 5.02. The fourth-order valence-electron chi connectivity index (χ4n) is 2.64. The Morgan fingerprint density at radius 2 is 1.58 bits per heavy atom. The van der Waals surface area contributed by atoms with Gasteiger partial charge in [-0.1, -0.05) is 30.3 Å². The number of para-hydroxylation sites is 2. The second-order valence-corrected chi connectivity index (χ2v) is 6.86. The summed E-state index contributed by atoms with van der Waals surface area (Å²) in [4.78, 5) is 16.7. The SMILES string of the molecule is O=C(CNc1ccccc1)Nc1ccc(-c2nc3ccccc3s2)cc1. The van der Waals surface area contributed by atoms with Crippen molar-refractivity contribution < 1.29 is 4.79 Å². The number of amides is 1. The summed E-state index contributed by atoms with van der Waals surface area (Å²) >= 11 is 1.67. The predicted octanol–water partition coefficient (Wildman–Crippen LogP) is 5.01. The molecule has 128 valence electrons. The van der Waals surface area contributed by atoms with Gasteiger partial charge in [-0.3, -0.25) is 4.79 Å². The van der Waals surface area contributed by atoms with E-state index in [4.69, 9.17) is 0 Å². The Morgan fingerprint density at radius 1 is 0.846 bits per heavy atom. The molecule has 0 spiro atoms. The lowest BCUT2D eigenvalue weighted by Crippen LogP contribution is -2.21. The Bertz CT molecular complexity index is 993. The topological polar surface area (TPSA) is 54.0 Å². The summed E-state index contributed by atoms with van der Waals surface area (Å²) in [6.07, 6.45) is 0. The smallest absolute Gasteiger partial charge is 0.243 e. The molecule has 0 bridgehead atoms. The van der Waals surface area contributed by atoms with Crippen molar-refractivity contribution in [2.24, 2.45) is 0 Å². The molecular formula is C21H17N3OS. The Labute approximate surface area is 155 Å². The van der Waals surface area contributed by atoms with Crippen molar-refractivity contribution in [2.45, 2.75) is 0 Å². The molecule has 0 saturated heterocycles. The summed E-state index contributed by atoms with van der Waals surface area (Å²) in [5, 5.41) is 6.98. The number of aromatic nitrogens is 1. The number of hydrogen-bond acceptors (Lipinski definition) is 4. The molecule has 0 saturated carbocycles. The van der Waals surface area contributed by atoms with E-state index in [0.717, 1.165) is 27.5 Å². The van der Waals surface area contributed by atoms with Gasteiger partial charge in [0, 0.05) is 16.9 Å². The fourth-order valence-corrected chi connectivity index (χ4v) is 3.61. The normalized spacial score (nSPS) is 10.6. The number of anilines is 2. The molecule has 4 aromatic rings. The van der Waals surface area contributed by atoms with Crippen LogP contribution in [0.3, 0.4) is 0 Å². The Balaban J connectivity index is 1.40. The van der Waals surface area contributed by atoms with E-state index in [1.165, 1.54) is 4.70 Å². The van der Waals surface area contributed by atoms with Crippen molar-refractivity contribution in [3.05, 3.63) is 78.9 Å². The lowest BCUT2D eigenvalue weighted by Gasteiger charge is -2.08. The second kappa shape index (κ2) is 7.37. The summed E-state index contributed by atoms with van der Waals surface area (Å²) in [6, 6.07) is 25.6. The molecule has 4 nitrogen and oxygen atoms in total. The first-order chi connectivity index (χ1) is 12.8. The molecule has 0 aliphatic heterocycles. The van der Waals surface area contributed by atoms with Gasteiger partial charge in [0.05, 0.1) is 16.8 Å². The van der Waals surface area contributed by atoms with Crippen molar-refractivity contribution in [3.8, 4) is 10.6 Å². The molecule has 0 unspecified atom stereocenters. The van der Waals surface area contributed by atoms with Crippen LogP contribution >= 0.6 is 11.3 Å². The van der Waals surface area contributed by atoms with Gasteiger partial charge in [-0.25, -0.2) is 4.98 Å². The van der Waals surface area contributed by atoms with Crippen LogP contribution in [0, 0.1) is 0 Å². The van der Waals surface area contributed by atoms with E-state index >= 15 is 0 Å². The Morgan fingerprint density at radius 3 is 2.35 bits per heavy atom. The molecule has 0 radical (unpaired) electrons. The van der Waals surface area contributed by atoms with Gasteiger partial charge in [0.25, 0.3) is 0 Å². The maximum absolute atomic E-state index is 12.1. The van der Waals surface area contributed by atoms with Gasteiger partial charge in [0.2, 0.25) is 5.91 Å². The average Bonchev–Trinajstić information content (AvgIpc) is 3.12. The molecule has 1 aromatic heterocycles. The van der Waals surface area contributed by atoms with Crippen LogP contribution in [-0.4, -0.2) is 17.4 Å². The molecule has 1 heterocycles. The van der Waals surface area contributed by atoms with Gasteiger partial charge in [-0.2, -0.15) is 0 Å². The maximum Gasteiger partial charge on any atom is 0.243 e. The largest absolute Gasteiger partial charge is 0.376 e. The van der Waals surface area contributed by atoms with Crippen LogP contribution in [0.5, 0.6) is 0 Å². The Kier molecular flexibility index (Phi) is 4.62. The number of nitrogens with one attached hydrogen (secondary N) is 2. The van der Waals surface area contributed by atoms with Crippen LogP contribution in [-0.2, 0) is 4.79 Å². The molecule has 0 aliphatic rings. The highest BCUT2D eigenvalue weighted by atomic mass is 32.1. The number of fused-ring (bicyclic) bond motifs is 1. The number of carbonyl (C=O) groups excluding carboxylic acids is 1. The zero-order valence-electron chi connectivity index (χ0n) is 14.0. The van der Waals surface area contributed by atoms with Crippen LogP contribution in [0.25, 0.3) is 20.8 Å². The number of nitrogens with zero attached hydrogens (tertiary/aromatic N) is 1. The van der Waals surface area contributed by atoms with Gasteiger partial charge < -0.3 is 10.6 Å². The van der Waals surface area contributed by atoms with Crippen LogP contribution < -0.4 is 10.6 Å². The highest BCUT2D eigenvalue weighted by Crippen LogP contribution is 2.30. The number of benzene rings is 3. The number of carbonyl (C=O) groups is 1. The van der Waals surface area contributed by atoms with Crippen molar-refractivity contribution >= 4 is 38.8 Å². The van der Waals surface area contributed by atoms with Gasteiger partial charge in [-0.05, 0) is 48.5 Å². The minimum absolute atomic E-state index is 0.0819. The summed E-state index contributed by atoms with van der Waals surface area (Å²) in [6.45, 7) is 0.226. The first kappa shape index (κ1) is 16.3. The summed E-state index contributed by atoms with van der Waals surface area (Å²) in [5.41, 5.74) is 3.76. The quantitative estimate of drug-likeness (QED) is 0.526. The van der Waals surface area contributed by atoms with Crippen LogP contribution in [0.4, 0.5) is 11.4 Å². The van der Waals surface area contributed by atoms with E-state index in [0.29, 0.717) is 0 Å². The minimum atomic E-state index is -0.0819. The summed E-state index contributed by atoms with van der Waals surface area (Å²) in [5.74, 6) is -0.0819. The Hall–Kier alpha value is -3.18. The molecule has 0 atom stereocenters. The minimum Gasteiger partial charge on any atom is -0.376 e. The number of hydrogen-bond donors (Lipinski definition) is 2. The molecule has 3 aromatic carbocycles. The average molecular weight is 359 g/mol. The van der Waals surface area contributed by atoms with Gasteiger partial charge >= 0.3 is 0 Å². The molecule has 26 heavy (non-hydrogen) atoms. The van der Waals surface area contributed by atoms with Gasteiger partial charge in [0.1, 0.15) is 5.01 Å². The molecule has 4 rings (SSSR count). The molecule has 0 aliphatic carbocycles. The van der Waals surface area contributed by atoms with Crippen molar-refractivity contribution in [3.63, 3.8) is 0 Å². The van der Waals surface area contributed by atoms with Crippen molar-refractivity contribution in [1.29, 1.82) is 0 Å². The van der Waals surface area contributed by atoms with E-state index in [2.05, 4.69) is 21.7 Å². The lowest BCUT2D eigenvalue weighted by atomic mass is 10.2. The summed E-state index contributed by atoms with van der Waals surface area (Å²) < 4.78 is 1.17. The second-order valence-electron chi connectivity index (χ2n) is 5.83. The molecular weight excluding hydrogens is 342 g/mol. The van der Waals surface area contributed by atoms with Crippen LogP contribution in [0.15, 0.2) is 78.9 Å². The van der Waals surface area contributed by atoms with Gasteiger partial charge in [-0.15, -0.1) is 11.3 Å². The van der Waals surface area contributed by atoms with E-state index in [9.17, 15) is 4.79 Å². The predicted molar refractivity (Wildman–Crippen MR) is 109 cm³/mol. The standard InChI is InChI=1S/C21H17N3OS/c25-20(14-22-16-6-2-1-3-7-16)23-17-12-10-15(11-13-17)21-24-18-8-4-5-9-19(18)26-21/h1-13,22H,14H2,(H,23,25). The molecule has 1 amide bonds. The maximum atomic E-state index is 12.1. The molecule has 5 heteroatoms. The van der Waals surface area contributed by atoms with E-state index < -0.39 is 0 Å². The third kappa shape index (κ3) is 3.73. The van der Waals surface area contributed by atoms with E-state index in [1.807, 2.05) is 72.8 Å². The highest BCUT2D eigenvalue weighted by Gasteiger charge is 2.07. The van der Waals surface area contributed by atoms with Crippen LogP contribution in [0.1, 0.15) is 0 Å². The van der Waals surface area contributed by atoms with Gasteiger partial charge in [0.15, 0.2) is 0 Å². The zero-order chi connectivity index (χ0) is 17.8. The first-order valence-electron chi connectivity index (χ1n) is 8.33. The monoisotopic (exact) mass is 359 g/mol. The number of thiazole rings is 1. The molecule has 0 fully saturated rings. The van der Waals surface area contributed by atoms with Crippen molar-refractivity contribution in [2.75, 3.05) is 17.2 Å². The lowest BCUT2D eigenvalue weighted by molar-refractivity contribution is -0.114. The van der Waals surface area contributed by atoms with E-state index in [-0.39, 0.29) is 12.5 Å².